The van der Waals surface area contributed by atoms with Crippen molar-refractivity contribution in [2.24, 2.45) is 0 Å². The van der Waals surface area contributed by atoms with Crippen molar-refractivity contribution in [3.05, 3.63) is 70.5 Å². The molecule has 120 valence electrons. The molecular formula is C17H15ClFNO3. The van der Waals surface area contributed by atoms with Gasteiger partial charge in [-0.25, -0.2) is 9.18 Å². The molecule has 0 saturated carbocycles. The Labute approximate surface area is 138 Å². The Morgan fingerprint density at radius 3 is 2.52 bits per heavy atom. The second-order valence-electron chi connectivity index (χ2n) is 4.89. The van der Waals surface area contributed by atoms with Crippen LogP contribution in [0.5, 0.6) is 0 Å². The van der Waals surface area contributed by atoms with Gasteiger partial charge in [-0.05, 0) is 42.0 Å². The lowest BCUT2D eigenvalue weighted by atomic mass is 10.1. The van der Waals surface area contributed by atoms with Gasteiger partial charge in [-0.3, -0.25) is 4.79 Å². The number of carbonyl (C=O) groups is 2. The summed E-state index contributed by atoms with van der Waals surface area (Å²) >= 11 is 5.92. The van der Waals surface area contributed by atoms with E-state index in [0.717, 1.165) is 5.56 Å². The number of amides is 1. The number of hydrogen-bond acceptors (Lipinski definition) is 3. The topological polar surface area (TPSA) is 55.4 Å². The first-order valence-electron chi connectivity index (χ1n) is 6.88. The highest BCUT2D eigenvalue weighted by Crippen LogP contribution is 2.13. The van der Waals surface area contributed by atoms with Crippen molar-refractivity contribution in [3.8, 4) is 0 Å². The average Bonchev–Trinajstić information content (AvgIpc) is 2.54. The van der Waals surface area contributed by atoms with Crippen molar-refractivity contribution < 1.29 is 18.7 Å². The molecule has 2 rings (SSSR count). The molecule has 0 heterocycles. The van der Waals surface area contributed by atoms with E-state index in [1.165, 1.54) is 31.4 Å². The van der Waals surface area contributed by atoms with Gasteiger partial charge < -0.3 is 10.1 Å². The Bertz CT molecular complexity index is 703. The fourth-order valence-corrected chi connectivity index (χ4v) is 2.29. The van der Waals surface area contributed by atoms with E-state index in [4.69, 9.17) is 16.3 Å². The standard InChI is InChI=1S/C17H15ClFNO3/c1-23-17(22)15(10-11-3-2-4-13(18)9-11)20-16(21)12-5-7-14(19)8-6-12/h2-9,15H,10H2,1H3,(H,20,21)/t15-/m1/s1. The molecule has 0 radical (unpaired) electrons. The van der Waals surface area contributed by atoms with Crippen molar-refractivity contribution in [1.29, 1.82) is 0 Å². The highest BCUT2D eigenvalue weighted by molar-refractivity contribution is 6.30. The molecule has 0 unspecified atom stereocenters. The molecule has 0 fully saturated rings. The normalized spacial score (nSPS) is 11.6. The Morgan fingerprint density at radius 2 is 1.91 bits per heavy atom. The Morgan fingerprint density at radius 1 is 1.22 bits per heavy atom. The Balaban J connectivity index is 2.13. The first kappa shape index (κ1) is 17.0. The zero-order valence-corrected chi connectivity index (χ0v) is 13.1. The van der Waals surface area contributed by atoms with Gasteiger partial charge in [0.05, 0.1) is 7.11 Å². The molecular weight excluding hydrogens is 321 g/mol. The van der Waals surface area contributed by atoms with Gasteiger partial charge in [0, 0.05) is 17.0 Å². The summed E-state index contributed by atoms with van der Waals surface area (Å²) in [7, 11) is 1.25. The number of halogens is 2. The summed E-state index contributed by atoms with van der Waals surface area (Å²) in [4.78, 5) is 24.1. The average molecular weight is 336 g/mol. The van der Waals surface area contributed by atoms with Crippen LogP contribution in [0.25, 0.3) is 0 Å². The van der Waals surface area contributed by atoms with E-state index in [1.54, 1.807) is 24.3 Å². The molecule has 0 aliphatic rings. The molecule has 1 atom stereocenters. The van der Waals surface area contributed by atoms with Crippen molar-refractivity contribution in [2.45, 2.75) is 12.5 Å². The van der Waals surface area contributed by atoms with Crippen LogP contribution in [0.1, 0.15) is 15.9 Å². The van der Waals surface area contributed by atoms with E-state index in [0.29, 0.717) is 5.02 Å². The third-order valence-corrected chi connectivity index (χ3v) is 3.46. The van der Waals surface area contributed by atoms with E-state index >= 15 is 0 Å². The number of esters is 1. The van der Waals surface area contributed by atoms with Gasteiger partial charge in [0.15, 0.2) is 0 Å². The van der Waals surface area contributed by atoms with Crippen molar-refractivity contribution >= 4 is 23.5 Å². The maximum absolute atomic E-state index is 12.9. The third kappa shape index (κ3) is 4.79. The summed E-state index contributed by atoms with van der Waals surface area (Å²) < 4.78 is 17.6. The maximum Gasteiger partial charge on any atom is 0.328 e. The lowest BCUT2D eigenvalue weighted by Gasteiger charge is -2.17. The van der Waals surface area contributed by atoms with E-state index in [1.807, 2.05) is 0 Å². The molecule has 2 aromatic rings. The summed E-state index contributed by atoms with van der Waals surface area (Å²) in [6.45, 7) is 0. The molecule has 0 spiro atoms. The van der Waals surface area contributed by atoms with Crippen molar-refractivity contribution in [3.63, 3.8) is 0 Å². The van der Waals surface area contributed by atoms with Gasteiger partial charge in [0.25, 0.3) is 5.91 Å². The van der Waals surface area contributed by atoms with Gasteiger partial charge >= 0.3 is 5.97 Å². The van der Waals surface area contributed by atoms with Crippen LogP contribution in [0.15, 0.2) is 48.5 Å². The monoisotopic (exact) mass is 335 g/mol. The van der Waals surface area contributed by atoms with Gasteiger partial charge in [-0.1, -0.05) is 23.7 Å². The third-order valence-electron chi connectivity index (χ3n) is 3.23. The van der Waals surface area contributed by atoms with Gasteiger partial charge in [0.1, 0.15) is 11.9 Å². The fraction of sp³-hybridized carbons (Fsp3) is 0.176. The molecule has 6 heteroatoms. The summed E-state index contributed by atoms with van der Waals surface area (Å²) in [5.41, 5.74) is 1.04. The molecule has 0 bridgehead atoms. The number of nitrogens with one attached hydrogen (secondary N) is 1. The lowest BCUT2D eigenvalue weighted by Crippen LogP contribution is -2.43. The molecule has 4 nitrogen and oxygen atoms in total. The Hall–Kier alpha value is -2.40. The zero-order chi connectivity index (χ0) is 16.8. The van der Waals surface area contributed by atoms with Crippen LogP contribution in [-0.4, -0.2) is 25.0 Å². The number of ether oxygens (including phenoxy) is 1. The largest absolute Gasteiger partial charge is 0.467 e. The second-order valence-corrected chi connectivity index (χ2v) is 5.33. The number of rotatable bonds is 5. The van der Waals surface area contributed by atoms with Crippen LogP contribution in [-0.2, 0) is 16.0 Å². The molecule has 0 aromatic heterocycles. The minimum atomic E-state index is -0.865. The highest BCUT2D eigenvalue weighted by atomic mass is 35.5. The summed E-state index contributed by atoms with van der Waals surface area (Å²) in [5, 5.41) is 3.13. The van der Waals surface area contributed by atoms with Gasteiger partial charge in [-0.2, -0.15) is 0 Å². The molecule has 0 aliphatic heterocycles. The fourth-order valence-electron chi connectivity index (χ4n) is 2.08. The summed E-state index contributed by atoms with van der Waals surface area (Å²) in [6, 6.07) is 11.2. The maximum atomic E-state index is 12.9. The van der Waals surface area contributed by atoms with Gasteiger partial charge in [0.2, 0.25) is 0 Å². The highest BCUT2D eigenvalue weighted by Gasteiger charge is 2.22. The van der Waals surface area contributed by atoms with Crippen LogP contribution in [0.4, 0.5) is 4.39 Å². The van der Waals surface area contributed by atoms with E-state index in [-0.39, 0.29) is 12.0 Å². The van der Waals surface area contributed by atoms with E-state index in [2.05, 4.69) is 5.32 Å². The van der Waals surface area contributed by atoms with Crippen LogP contribution in [0.3, 0.4) is 0 Å². The molecule has 1 N–H and O–H groups in total. The molecule has 0 aliphatic carbocycles. The minimum Gasteiger partial charge on any atom is -0.467 e. The van der Waals surface area contributed by atoms with E-state index < -0.39 is 23.7 Å². The molecule has 2 aromatic carbocycles. The predicted molar refractivity (Wildman–Crippen MR) is 84.8 cm³/mol. The van der Waals surface area contributed by atoms with Crippen molar-refractivity contribution in [2.75, 3.05) is 7.11 Å². The van der Waals surface area contributed by atoms with Crippen molar-refractivity contribution in [1.82, 2.24) is 5.32 Å². The summed E-state index contributed by atoms with van der Waals surface area (Å²) in [6.07, 6.45) is 0.236. The number of methoxy groups -OCH3 is 1. The smallest absolute Gasteiger partial charge is 0.328 e. The first-order valence-corrected chi connectivity index (χ1v) is 7.26. The predicted octanol–water partition coefficient (Wildman–Crippen LogP) is 2.99. The SMILES string of the molecule is COC(=O)[C@@H](Cc1cccc(Cl)c1)NC(=O)c1ccc(F)cc1. The molecule has 1 amide bonds. The van der Waals surface area contributed by atoms with Gasteiger partial charge in [-0.15, -0.1) is 0 Å². The number of carbonyl (C=O) groups excluding carboxylic acids is 2. The van der Waals surface area contributed by atoms with Crippen LogP contribution in [0.2, 0.25) is 5.02 Å². The molecule has 23 heavy (non-hydrogen) atoms. The quantitative estimate of drug-likeness (QED) is 0.855. The zero-order valence-electron chi connectivity index (χ0n) is 12.4. The Kier molecular flexibility index (Phi) is 5.71. The number of hydrogen-bond donors (Lipinski definition) is 1. The van der Waals surface area contributed by atoms with Crippen LogP contribution >= 0.6 is 11.6 Å². The first-order chi connectivity index (χ1) is 11.0. The second kappa shape index (κ2) is 7.74. The summed E-state index contributed by atoms with van der Waals surface area (Å²) in [5.74, 6) is -1.49. The minimum absolute atomic E-state index is 0.236. The lowest BCUT2D eigenvalue weighted by molar-refractivity contribution is -0.142. The van der Waals surface area contributed by atoms with E-state index in [9.17, 15) is 14.0 Å². The molecule has 0 saturated heterocycles. The van der Waals surface area contributed by atoms with Crippen LogP contribution in [0, 0.1) is 5.82 Å². The van der Waals surface area contributed by atoms with Crippen LogP contribution < -0.4 is 5.32 Å². The number of benzene rings is 2.